The van der Waals surface area contributed by atoms with Gasteiger partial charge in [-0.15, -0.1) is 11.6 Å². The minimum absolute atomic E-state index is 0.124. The highest BCUT2D eigenvalue weighted by Gasteiger charge is 2.19. The van der Waals surface area contributed by atoms with Crippen molar-refractivity contribution in [2.24, 2.45) is 0 Å². The van der Waals surface area contributed by atoms with Crippen molar-refractivity contribution in [3.63, 3.8) is 0 Å². The molecule has 1 rings (SSSR count). The predicted molar refractivity (Wildman–Crippen MR) is 54.8 cm³/mol. The Balaban J connectivity index is 3.36. The summed E-state index contributed by atoms with van der Waals surface area (Å²) in [6.07, 6.45) is -3.51. The Morgan fingerprint density at radius 3 is 2.71 bits per heavy atom. The van der Waals surface area contributed by atoms with Gasteiger partial charge in [-0.25, -0.2) is 13.8 Å². The Bertz CT molecular complexity index is 486. The SMILES string of the molecule is N#Cc1nc(CC(=O)O)c(C(F)F)cc1CCl. The van der Waals surface area contributed by atoms with Gasteiger partial charge in [-0.2, -0.15) is 5.26 Å². The van der Waals surface area contributed by atoms with E-state index in [1.807, 2.05) is 0 Å². The van der Waals surface area contributed by atoms with Crippen molar-refractivity contribution >= 4 is 17.6 Å². The van der Waals surface area contributed by atoms with Crippen LogP contribution < -0.4 is 0 Å². The summed E-state index contributed by atoms with van der Waals surface area (Å²) in [6, 6.07) is 2.72. The standard InChI is InChI=1S/C10H7ClF2N2O2/c11-3-5-1-6(10(12)13)7(2-9(16)17)15-8(5)4-14/h1,10H,2-3H2,(H,16,17). The van der Waals surface area contributed by atoms with E-state index in [0.29, 0.717) is 0 Å². The summed E-state index contributed by atoms with van der Waals surface area (Å²) >= 11 is 5.49. The number of carbonyl (C=O) groups is 1. The summed E-state index contributed by atoms with van der Waals surface area (Å²) in [4.78, 5) is 14.1. The Labute approximate surface area is 100 Å². The normalized spacial score (nSPS) is 10.3. The molecule has 0 aliphatic rings. The van der Waals surface area contributed by atoms with Crippen molar-refractivity contribution < 1.29 is 18.7 Å². The van der Waals surface area contributed by atoms with Crippen LogP contribution in [0.3, 0.4) is 0 Å². The van der Waals surface area contributed by atoms with Crippen LogP contribution in [0.4, 0.5) is 8.78 Å². The highest BCUT2D eigenvalue weighted by molar-refractivity contribution is 6.17. The molecule has 0 fully saturated rings. The van der Waals surface area contributed by atoms with E-state index < -0.39 is 24.4 Å². The van der Waals surface area contributed by atoms with Gasteiger partial charge in [-0.05, 0) is 6.07 Å². The summed E-state index contributed by atoms with van der Waals surface area (Å²) < 4.78 is 25.3. The zero-order valence-corrected chi connectivity index (χ0v) is 9.21. The predicted octanol–water partition coefficient (Wildman–Crippen LogP) is 2.26. The minimum atomic E-state index is -2.86. The number of aliphatic carboxylic acids is 1. The number of carboxylic acid groups (broad SMARTS) is 1. The van der Waals surface area contributed by atoms with Crippen LogP contribution in [0.15, 0.2) is 6.07 Å². The molecular formula is C10H7ClF2N2O2. The van der Waals surface area contributed by atoms with Gasteiger partial charge in [-0.3, -0.25) is 4.79 Å². The van der Waals surface area contributed by atoms with Crippen LogP contribution in [0.1, 0.15) is 28.9 Å². The van der Waals surface area contributed by atoms with E-state index in [9.17, 15) is 13.6 Å². The molecule has 4 nitrogen and oxygen atoms in total. The van der Waals surface area contributed by atoms with E-state index in [1.165, 1.54) is 0 Å². The van der Waals surface area contributed by atoms with Gasteiger partial charge in [0.2, 0.25) is 0 Å². The molecule has 0 atom stereocenters. The molecule has 0 unspecified atom stereocenters. The first-order valence-electron chi connectivity index (χ1n) is 4.48. The fourth-order valence-electron chi connectivity index (χ4n) is 1.28. The third-order valence-electron chi connectivity index (χ3n) is 2.02. The highest BCUT2D eigenvalue weighted by atomic mass is 35.5. The molecule has 0 amide bonds. The van der Waals surface area contributed by atoms with Gasteiger partial charge in [0.25, 0.3) is 6.43 Å². The fraction of sp³-hybridized carbons (Fsp3) is 0.300. The molecule has 0 spiro atoms. The third kappa shape index (κ3) is 3.11. The van der Waals surface area contributed by atoms with Crippen LogP contribution in [0.5, 0.6) is 0 Å². The number of halogens is 3. The Morgan fingerprint density at radius 1 is 1.65 bits per heavy atom. The average molecular weight is 261 g/mol. The van der Waals surface area contributed by atoms with E-state index in [-0.39, 0.29) is 22.8 Å². The van der Waals surface area contributed by atoms with Crippen molar-refractivity contribution in [3.8, 4) is 6.07 Å². The average Bonchev–Trinajstić information content (AvgIpc) is 2.27. The third-order valence-corrected chi connectivity index (χ3v) is 2.31. The second-order valence-electron chi connectivity index (χ2n) is 3.15. The maximum atomic E-state index is 12.7. The smallest absolute Gasteiger partial charge is 0.309 e. The second-order valence-corrected chi connectivity index (χ2v) is 3.42. The number of alkyl halides is 3. The van der Waals surface area contributed by atoms with Gasteiger partial charge >= 0.3 is 5.97 Å². The lowest BCUT2D eigenvalue weighted by atomic mass is 10.1. The van der Waals surface area contributed by atoms with E-state index in [4.69, 9.17) is 22.0 Å². The number of aromatic nitrogens is 1. The lowest BCUT2D eigenvalue weighted by Gasteiger charge is -2.09. The molecule has 0 aliphatic carbocycles. The van der Waals surface area contributed by atoms with E-state index in [0.717, 1.165) is 6.07 Å². The maximum Gasteiger partial charge on any atom is 0.309 e. The zero-order valence-electron chi connectivity index (χ0n) is 8.45. The van der Waals surface area contributed by atoms with Gasteiger partial charge in [0.1, 0.15) is 11.8 Å². The molecule has 0 aliphatic heterocycles. The van der Waals surface area contributed by atoms with Gasteiger partial charge in [0.15, 0.2) is 0 Å². The van der Waals surface area contributed by atoms with Crippen molar-refractivity contribution in [2.45, 2.75) is 18.7 Å². The lowest BCUT2D eigenvalue weighted by Crippen LogP contribution is -2.09. The molecule has 90 valence electrons. The Hall–Kier alpha value is -1.74. The fourth-order valence-corrected chi connectivity index (χ4v) is 1.49. The van der Waals surface area contributed by atoms with Gasteiger partial charge < -0.3 is 5.11 Å². The topological polar surface area (TPSA) is 74.0 Å². The molecule has 0 aromatic carbocycles. The maximum absolute atomic E-state index is 12.7. The first kappa shape index (κ1) is 13.3. The molecule has 0 saturated heterocycles. The molecule has 7 heteroatoms. The molecule has 1 heterocycles. The summed E-state index contributed by atoms with van der Waals surface area (Å²) in [5.41, 5.74) is -0.765. The van der Waals surface area contributed by atoms with Crippen molar-refractivity contribution in [3.05, 3.63) is 28.6 Å². The summed E-state index contributed by atoms with van der Waals surface area (Å²) in [5.74, 6) is -1.43. The van der Waals surface area contributed by atoms with Crippen molar-refractivity contribution in [2.75, 3.05) is 0 Å². The summed E-state index contributed by atoms with van der Waals surface area (Å²) in [5, 5.41) is 17.3. The molecule has 17 heavy (non-hydrogen) atoms. The molecule has 1 N–H and O–H groups in total. The number of nitriles is 1. The Kier molecular flexibility index (Phi) is 4.35. The number of nitrogens with zero attached hydrogens (tertiary/aromatic N) is 2. The van der Waals surface area contributed by atoms with Crippen molar-refractivity contribution in [1.29, 1.82) is 5.26 Å². The number of rotatable bonds is 4. The van der Waals surface area contributed by atoms with Gasteiger partial charge in [0, 0.05) is 11.1 Å². The summed E-state index contributed by atoms with van der Waals surface area (Å²) in [6.45, 7) is 0. The van der Waals surface area contributed by atoms with E-state index >= 15 is 0 Å². The highest BCUT2D eigenvalue weighted by Crippen LogP contribution is 2.25. The first-order valence-corrected chi connectivity index (χ1v) is 5.01. The first-order chi connectivity index (χ1) is 7.99. The molecule has 1 aromatic heterocycles. The molecular weight excluding hydrogens is 254 g/mol. The quantitative estimate of drug-likeness (QED) is 0.843. The zero-order chi connectivity index (χ0) is 13.0. The molecule has 0 saturated carbocycles. The number of hydrogen-bond acceptors (Lipinski definition) is 3. The van der Waals surface area contributed by atoms with Gasteiger partial charge in [0.05, 0.1) is 18.0 Å². The van der Waals surface area contributed by atoms with Crippen LogP contribution in [0.25, 0.3) is 0 Å². The van der Waals surface area contributed by atoms with E-state index in [2.05, 4.69) is 4.98 Å². The van der Waals surface area contributed by atoms with Gasteiger partial charge in [-0.1, -0.05) is 0 Å². The number of pyridine rings is 1. The molecule has 1 aromatic rings. The van der Waals surface area contributed by atoms with Crippen LogP contribution in [-0.2, 0) is 17.1 Å². The summed E-state index contributed by atoms with van der Waals surface area (Å²) in [7, 11) is 0. The number of carboxylic acids is 1. The van der Waals surface area contributed by atoms with Crippen LogP contribution in [0.2, 0.25) is 0 Å². The lowest BCUT2D eigenvalue weighted by molar-refractivity contribution is -0.136. The minimum Gasteiger partial charge on any atom is -0.481 e. The van der Waals surface area contributed by atoms with Crippen molar-refractivity contribution in [1.82, 2.24) is 4.98 Å². The largest absolute Gasteiger partial charge is 0.481 e. The van der Waals surface area contributed by atoms with Crippen LogP contribution >= 0.6 is 11.6 Å². The monoisotopic (exact) mass is 260 g/mol. The molecule has 0 bridgehead atoms. The molecule has 0 radical (unpaired) electrons. The number of hydrogen-bond donors (Lipinski definition) is 1. The second kappa shape index (κ2) is 5.55. The van der Waals surface area contributed by atoms with Crippen LogP contribution in [0, 0.1) is 11.3 Å². The Morgan fingerprint density at radius 2 is 2.29 bits per heavy atom. The van der Waals surface area contributed by atoms with E-state index in [1.54, 1.807) is 6.07 Å². The van der Waals surface area contributed by atoms with Crippen LogP contribution in [-0.4, -0.2) is 16.1 Å².